The van der Waals surface area contributed by atoms with Crippen molar-refractivity contribution in [1.29, 1.82) is 0 Å². The summed E-state index contributed by atoms with van der Waals surface area (Å²) in [4.78, 5) is 14.9. The summed E-state index contributed by atoms with van der Waals surface area (Å²) in [6.07, 6.45) is 2.10. The quantitative estimate of drug-likeness (QED) is 0.843. The van der Waals surface area contributed by atoms with E-state index in [4.69, 9.17) is 10.8 Å². The number of carboxylic acid groups (broad SMARTS) is 1. The van der Waals surface area contributed by atoms with Gasteiger partial charge in [0.25, 0.3) is 0 Å². The smallest absolute Gasteiger partial charge is 0.354 e. The van der Waals surface area contributed by atoms with Gasteiger partial charge >= 0.3 is 5.97 Å². The van der Waals surface area contributed by atoms with Crippen LogP contribution in [0.5, 0.6) is 0 Å². The summed E-state index contributed by atoms with van der Waals surface area (Å²) in [6.45, 7) is 0. The fourth-order valence-corrected chi connectivity index (χ4v) is 2.40. The van der Waals surface area contributed by atoms with Crippen LogP contribution in [0.25, 0.3) is 0 Å². The van der Waals surface area contributed by atoms with Crippen LogP contribution in [-0.4, -0.2) is 36.3 Å². The molecule has 1 saturated carbocycles. The van der Waals surface area contributed by atoms with Crippen LogP contribution in [0.3, 0.4) is 0 Å². The maximum Gasteiger partial charge on any atom is 0.354 e. The highest BCUT2D eigenvalue weighted by molar-refractivity contribution is 7.99. The number of hydrogen-bond acceptors (Lipinski definition) is 7. The minimum absolute atomic E-state index is 0.0536. The third-order valence-corrected chi connectivity index (χ3v) is 3.62. The molecule has 0 unspecified atom stereocenters. The van der Waals surface area contributed by atoms with E-state index < -0.39 is 5.97 Å². The molecular formula is C10H10N6O2S. The van der Waals surface area contributed by atoms with E-state index in [0.29, 0.717) is 21.9 Å². The Hall–Kier alpha value is -2.16. The van der Waals surface area contributed by atoms with Crippen molar-refractivity contribution < 1.29 is 9.90 Å². The van der Waals surface area contributed by atoms with Crippen molar-refractivity contribution in [3.63, 3.8) is 0 Å². The van der Waals surface area contributed by atoms with Gasteiger partial charge in [-0.3, -0.25) is 0 Å². The van der Waals surface area contributed by atoms with E-state index in [-0.39, 0.29) is 5.69 Å². The fraction of sp³-hybridized carbons (Fsp3) is 0.300. The molecule has 0 radical (unpaired) electrons. The van der Waals surface area contributed by atoms with Crippen LogP contribution in [0, 0.1) is 0 Å². The number of carboxylic acids is 1. The Bertz CT molecular complexity index is 639. The van der Waals surface area contributed by atoms with Gasteiger partial charge in [0.15, 0.2) is 0 Å². The average molecular weight is 278 g/mol. The number of nitrogens with two attached hydrogens (primary N) is 1. The molecule has 2 aromatic rings. The first-order valence-corrected chi connectivity index (χ1v) is 6.42. The second kappa shape index (κ2) is 4.50. The summed E-state index contributed by atoms with van der Waals surface area (Å²) < 4.78 is 1.72. The van der Waals surface area contributed by atoms with E-state index in [1.54, 1.807) is 4.68 Å². The van der Waals surface area contributed by atoms with Gasteiger partial charge in [0.1, 0.15) is 10.7 Å². The SMILES string of the molecule is Nc1ccc(C(=O)O)nc1Sc1nnnn1C1CC1. The maximum atomic E-state index is 10.9. The van der Waals surface area contributed by atoms with Crippen molar-refractivity contribution in [3.05, 3.63) is 17.8 Å². The second-order valence-electron chi connectivity index (χ2n) is 4.14. The van der Waals surface area contributed by atoms with Crippen molar-refractivity contribution in [2.75, 3.05) is 5.73 Å². The van der Waals surface area contributed by atoms with Gasteiger partial charge in [-0.2, -0.15) is 0 Å². The van der Waals surface area contributed by atoms with Crippen LogP contribution < -0.4 is 5.73 Å². The average Bonchev–Trinajstić information content (AvgIpc) is 3.12. The van der Waals surface area contributed by atoms with Crippen molar-refractivity contribution >= 4 is 23.4 Å². The van der Waals surface area contributed by atoms with E-state index in [1.807, 2.05) is 0 Å². The number of tetrazole rings is 1. The number of anilines is 1. The van der Waals surface area contributed by atoms with Crippen LogP contribution in [-0.2, 0) is 0 Å². The van der Waals surface area contributed by atoms with Crippen molar-refractivity contribution in [2.24, 2.45) is 0 Å². The summed E-state index contributed by atoms with van der Waals surface area (Å²) >= 11 is 1.17. The van der Waals surface area contributed by atoms with Gasteiger partial charge in [-0.15, -0.1) is 5.10 Å². The number of hydrogen-bond donors (Lipinski definition) is 2. The first-order valence-electron chi connectivity index (χ1n) is 5.60. The highest BCUT2D eigenvalue weighted by Crippen LogP contribution is 2.38. The molecule has 1 aliphatic carbocycles. The molecule has 9 heteroatoms. The topological polar surface area (TPSA) is 120 Å². The number of nitrogens with zero attached hydrogens (tertiary/aromatic N) is 5. The van der Waals surface area contributed by atoms with Gasteiger partial charge in [0.05, 0.1) is 11.7 Å². The molecule has 0 atom stereocenters. The molecule has 98 valence electrons. The fourth-order valence-electron chi connectivity index (χ4n) is 1.54. The van der Waals surface area contributed by atoms with E-state index in [1.165, 1.54) is 23.9 Å². The number of carbonyl (C=O) groups is 1. The first kappa shape index (κ1) is 11.9. The summed E-state index contributed by atoms with van der Waals surface area (Å²) in [5.74, 6) is -1.09. The highest BCUT2D eigenvalue weighted by atomic mass is 32.2. The second-order valence-corrected chi connectivity index (χ2v) is 5.09. The summed E-state index contributed by atoms with van der Waals surface area (Å²) in [6, 6.07) is 3.22. The molecule has 1 fully saturated rings. The zero-order valence-electron chi connectivity index (χ0n) is 9.72. The van der Waals surface area contributed by atoms with E-state index >= 15 is 0 Å². The first-order chi connectivity index (χ1) is 9.15. The van der Waals surface area contributed by atoms with E-state index in [9.17, 15) is 4.79 Å². The molecular weight excluding hydrogens is 268 g/mol. The van der Waals surface area contributed by atoms with Gasteiger partial charge in [0, 0.05) is 0 Å². The third kappa shape index (κ3) is 2.36. The molecule has 1 aliphatic rings. The monoisotopic (exact) mass is 278 g/mol. The zero-order valence-corrected chi connectivity index (χ0v) is 10.5. The van der Waals surface area contributed by atoms with Crippen LogP contribution in [0.4, 0.5) is 5.69 Å². The summed E-state index contributed by atoms with van der Waals surface area (Å²) in [5, 5.41) is 21.3. The normalized spacial score (nSPS) is 14.5. The molecule has 0 aromatic carbocycles. The molecule has 0 amide bonds. The van der Waals surface area contributed by atoms with Crippen molar-refractivity contribution in [2.45, 2.75) is 29.1 Å². The van der Waals surface area contributed by atoms with Gasteiger partial charge in [-0.05, 0) is 47.2 Å². The molecule has 0 bridgehead atoms. The Balaban J connectivity index is 1.91. The molecule has 2 heterocycles. The summed E-state index contributed by atoms with van der Waals surface area (Å²) in [7, 11) is 0. The molecule has 8 nitrogen and oxygen atoms in total. The lowest BCUT2D eigenvalue weighted by atomic mass is 10.3. The van der Waals surface area contributed by atoms with Crippen molar-refractivity contribution in [3.8, 4) is 0 Å². The molecule has 0 aliphatic heterocycles. The Morgan fingerprint density at radius 2 is 2.26 bits per heavy atom. The Labute approximate surface area is 112 Å². The Kier molecular flexibility index (Phi) is 2.82. The standard InChI is InChI=1S/C10H10N6O2S/c11-6-3-4-7(9(17)18)12-8(6)19-10-13-14-15-16(10)5-1-2-5/h3-5H,1-2,11H2,(H,17,18). The number of aromatic carboxylic acids is 1. The van der Waals surface area contributed by atoms with Gasteiger partial charge in [0.2, 0.25) is 5.16 Å². The lowest BCUT2D eigenvalue weighted by Gasteiger charge is -2.05. The maximum absolute atomic E-state index is 10.9. The van der Waals surface area contributed by atoms with Crippen LogP contribution in [0.15, 0.2) is 22.3 Å². The van der Waals surface area contributed by atoms with Crippen LogP contribution in [0.1, 0.15) is 29.4 Å². The number of nitrogen functional groups attached to an aromatic ring is 1. The lowest BCUT2D eigenvalue weighted by Crippen LogP contribution is -2.04. The van der Waals surface area contributed by atoms with E-state index in [0.717, 1.165) is 12.8 Å². The number of pyridine rings is 1. The van der Waals surface area contributed by atoms with Crippen LogP contribution >= 0.6 is 11.8 Å². The highest BCUT2D eigenvalue weighted by Gasteiger charge is 2.28. The Morgan fingerprint density at radius 1 is 1.47 bits per heavy atom. The molecule has 3 N–H and O–H groups in total. The van der Waals surface area contributed by atoms with Gasteiger partial charge in [-0.25, -0.2) is 14.5 Å². The Morgan fingerprint density at radius 3 is 2.95 bits per heavy atom. The largest absolute Gasteiger partial charge is 0.477 e. The molecule has 0 spiro atoms. The molecule has 19 heavy (non-hydrogen) atoms. The minimum atomic E-state index is -1.09. The van der Waals surface area contributed by atoms with Crippen molar-refractivity contribution in [1.82, 2.24) is 25.2 Å². The van der Waals surface area contributed by atoms with Crippen LogP contribution in [0.2, 0.25) is 0 Å². The molecule has 3 rings (SSSR count). The molecule has 0 saturated heterocycles. The summed E-state index contributed by atoms with van der Waals surface area (Å²) in [5.41, 5.74) is 6.14. The zero-order chi connectivity index (χ0) is 13.4. The number of rotatable bonds is 4. The number of aromatic nitrogens is 5. The lowest BCUT2D eigenvalue weighted by molar-refractivity contribution is 0.0690. The van der Waals surface area contributed by atoms with E-state index in [2.05, 4.69) is 20.5 Å². The minimum Gasteiger partial charge on any atom is -0.477 e. The third-order valence-electron chi connectivity index (χ3n) is 2.65. The predicted octanol–water partition coefficient (Wildman–Crippen LogP) is 0.835. The van der Waals surface area contributed by atoms with Gasteiger partial charge < -0.3 is 10.8 Å². The molecule has 2 aromatic heterocycles. The van der Waals surface area contributed by atoms with Gasteiger partial charge in [-0.1, -0.05) is 0 Å². The predicted molar refractivity (Wildman–Crippen MR) is 65.8 cm³/mol.